The first-order valence-electron chi connectivity index (χ1n) is 8.54. The van der Waals surface area contributed by atoms with Crippen LogP contribution >= 0.6 is 0 Å². The lowest BCUT2D eigenvalue weighted by molar-refractivity contribution is -0.187. The molecule has 0 saturated heterocycles. The van der Waals surface area contributed by atoms with Gasteiger partial charge in [-0.25, -0.2) is 0 Å². The molecule has 1 saturated carbocycles. The van der Waals surface area contributed by atoms with Gasteiger partial charge in [-0.2, -0.15) is 13.2 Å². The first-order chi connectivity index (χ1) is 11.9. The van der Waals surface area contributed by atoms with Gasteiger partial charge in [-0.05, 0) is 18.8 Å². The third-order valence-corrected chi connectivity index (χ3v) is 4.57. The highest BCUT2D eigenvalue weighted by molar-refractivity contribution is 5.81. The first kappa shape index (κ1) is 17.8. The van der Waals surface area contributed by atoms with Gasteiger partial charge in [0.05, 0.1) is 18.4 Å². The fraction of sp³-hybridized carbons (Fsp3) is 0.647. The topological polar surface area (TPSA) is 51.7 Å². The molecule has 0 bridgehead atoms. The average molecular weight is 358 g/mol. The van der Waals surface area contributed by atoms with Crippen LogP contribution in [0.1, 0.15) is 37.8 Å². The van der Waals surface area contributed by atoms with Gasteiger partial charge in [-0.3, -0.25) is 9.78 Å². The van der Waals surface area contributed by atoms with Crippen molar-refractivity contribution in [3.8, 4) is 11.5 Å². The van der Waals surface area contributed by atoms with Gasteiger partial charge < -0.3 is 14.4 Å². The SMILES string of the molecule is O=C(N(Cc1cc2c(cn1)OCCO2)CC1CCCCC1)C(F)(F)F. The fourth-order valence-electron chi connectivity index (χ4n) is 3.35. The molecule has 1 fully saturated rings. The molecule has 0 radical (unpaired) electrons. The molecule has 2 aliphatic rings. The molecule has 0 atom stereocenters. The highest BCUT2D eigenvalue weighted by Gasteiger charge is 2.43. The van der Waals surface area contributed by atoms with E-state index in [4.69, 9.17) is 9.47 Å². The van der Waals surface area contributed by atoms with E-state index in [0.29, 0.717) is 30.4 Å². The van der Waals surface area contributed by atoms with Gasteiger partial charge in [0.1, 0.15) is 13.2 Å². The van der Waals surface area contributed by atoms with Crippen molar-refractivity contribution in [1.82, 2.24) is 9.88 Å². The summed E-state index contributed by atoms with van der Waals surface area (Å²) in [6.45, 7) is 0.706. The summed E-state index contributed by atoms with van der Waals surface area (Å²) in [7, 11) is 0. The lowest BCUT2D eigenvalue weighted by Gasteiger charge is -2.30. The van der Waals surface area contributed by atoms with Gasteiger partial charge in [0, 0.05) is 12.6 Å². The molecule has 1 aromatic heterocycles. The minimum atomic E-state index is -4.89. The number of hydrogen-bond donors (Lipinski definition) is 0. The number of pyridine rings is 1. The Bertz CT molecular complexity index is 616. The van der Waals surface area contributed by atoms with Gasteiger partial charge >= 0.3 is 12.1 Å². The summed E-state index contributed by atoms with van der Waals surface area (Å²) in [6.07, 6.45) is 1.37. The van der Waals surface area contributed by atoms with E-state index in [-0.39, 0.29) is 19.0 Å². The Morgan fingerprint density at radius 3 is 2.52 bits per heavy atom. The monoisotopic (exact) mass is 358 g/mol. The maximum absolute atomic E-state index is 13.0. The second-order valence-corrected chi connectivity index (χ2v) is 6.51. The van der Waals surface area contributed by atoms with Crippen molar-refractivity contribution in [1.29, 1.82) is 0 Å². The van der Waals surface area contributed by atoms with Gasteiger partial charge in [0.25, 0.3) is 0 Å². The molecule has 5 nitrogen and oxygen atoms in total. The standard InChI is InChI=1S/C17H21F3N2O3/c18-17(19,20)16(23)22(10-12-4-2-1-3-5-12)11-13-8-14-15(9-21-13)25-7-6-24-14/h8-9,12H,1-7,10-11H2. The second-order valence-electron chi connectivity index (χ2n) is 6.51. The molecule has 3 rings (SSSR count). The molecule has 1 aliphatic heterocycles. The van der Waals surface area contributed by atoms with E-state index in [9.17, 15) is 18.0 Å². The van der Waals surface area contributed by atoms with Crippen LogP contribution in [0.25, 0.3) is 0 Å². The Morgan fingerprint density at radius 2 is 1.84 bits per heavy atom. The quantitative estimate of drug-likeness (QED) is 0.829. The molecule has 2 heterocycles. The number of hydrogen-bond acceptors (Lipinski definition) is 4. The van der Waals surface area contributed by atoms with Crippen molar-refractivity contribution in [3.63, 3.8) is 0 Å². The summed E-state index contributed by atoms with van der Waals surface area (Å²) in [6, 6.07) is 1.55. The third-order valence-electron chi connectivity index (χ3n) is 4.57. The molecular formula is C17H21F3N2O3. The van der Waals surface area contributed by atoms with Crippen LogP contribution in [-0.4, -0.2) is 41.7 Å². The van der Waals surface area contributed by atoms with E-state index in [2.05, 4.69) is 4.98 Å². The Kier molecular flexibility index (Phi) is 5.34. The number of ether oxygens (including phenoxy) is 2. The molecule has 8 heteroatoms. The normalized spacial score (nSPS) is 18.0. The largest absolute Gasteiger partial charge is 0.486 e. The number of carbonyl (C=O) groups is 1. The van der Waals surface area contributed by atoms with Crippen LogP contribution < -0.4 is 9.47 Å². The Morgan fingerprint density at radius 1 is 1.16 bits per heavy atom. The zero-order valence-corrected chi connectivity index (χ0v) is 13.8. The smallest absolute Gasteiger partial charge is 0.471 e. The predicted molar refractivity (Wildman–Crippen MR) is 83.3 cm³/mol. The number of amides is 1. The van der Waals surface area contributed by atoms with Crippen LogP contribution in [0.15, 0.2) is 12.3 Å². The van der Waals surface area contributed by atoms with E-state index in [1.54, 1.807) is 6.07 Å². The molecular weight excluding hydrogens is 337 g/mol. The summed E-state index contributed by atoms with van der Waals surface area (Å²) >= 11 is 0. The zero-order valence-electron chi connectivity index (χ0n) is 13.8. The van der Waals surface area contributed by atoms with Crippen LogP contribution in [0, 0.1) is 5.92 Å². The minimum absolute atomic E-state index is 0.106. The molecule has 0 N–H and O–H groups in total. The van der Waals surface area contributed by atoms with E-state index in [1.165, 1.54) is 6.20 Å². The van der Waals surface area contributed by atoms with Crippen LogP contribution in [-0.2, 0) is 11.3 Å². The molecule has 1 amide bonds. The van der Waals surface area contributed by atoms with E-state index < -0.39 is 12.1 Å². The summed E-state index contributed by atoms with van der Waals surface area (Å²) in [5.41, 5.74) is 0.359. The molecule has 0 aromatic carbocycles. The third kappa shape index (κ3) is 4.55. The van der Waals surface area contributed by atoms with E-state index >= 15 is 0 Å². The summed E-state index contributed by atoms with van der Waals surface area (Å²) in [5.74, 6) is -0.781. The molecule has 138 valence electrons. The number of aromatic nitrogens is 1. The van der Waals surface area contributed by atoms with Crippen molar-refractivity contribution in [3.05, 3.63) is 18.0 Å². The maximum atomic E-state index is 13.0. The van der Waals surface area contributed by atoms with E-state index in [1.807, 2.05) is 0 Å². The molecule has 25 heavy (non-hydrogen) atoms. The Labute approximate surface area is 144 Å². The number of halogens is 3. The van der Waals surface area contributed by atoms with Crippen LogP contribution in [0.4, 0.5) is 13.2 Å². The predicted octanol–water partition coefficient (Wildman–Crippen LogP) is 3.32. The van der Waals surface area contributed by atoms with Crippen molar-refractivity contribution >= 4 is 5.91 Å². The summed E-state index contributed by atoms with van der Waals surface area (Å²) in [5, 5.41) is 0. The molecule has 0 spiro atoms. The van der Waals surface area contributed by atoms with Crippen molar-refractivity contribution in [2.45, 2.75) is 44.8 Å². The zero-order chi connectivity index (χ0) is 17.9. The highest BCUT2D eigenvalue weighted by Crippen LogP contribution is 2.31. The van der Waals surface area contributed by atoms with Crippen molar-refractivity contribution in [2.24, 2.45) is 5.92 Å². The summed E-state index contributed by atoms with van der Waals surface area (Å²) < 4.78 is 49.7. The molecule has 1 aliphatic carbocycles. The van der Waals surface area contributed by atoms with Crippen molar-refractivity contribution < 1.29 is 27.4 Å². The number of carbonyl (C=O) groups excluding carboxylic acids is 1. The average Bonchev–Trinajstić information content (AvgIpc) is 2.60. The first-order valence-corrected chi connectivity index (χ1v) is 8.54. The Balaban J connectivity index is 1.75. The number of fused-ring (bicyclic) bond motifs is 1. The molecule has 1 aromatic rings. The van der Waals surface area contributed by atoms with Crippen LogP contribution in [0.2, 0.25) is 0 Å². The highest BCUT2D eigenvalue weighted by atomic mass is 19.4. The van der Waals surface area contributed by atoms with Crippen LogP contribution in [0.3, 0.4) is 0 Å². The number of nitrogens with zero attached hydrogens (tertiary/aromatic N) is 2. The van der Waals surface area contributed by atoms with Gasteiger partial charge in [-0.1, -0.05) is 19.3 Å². The molecule has 0 unspecified atom stereocenters. The van der Waals surface area contributed by atoms with E-state index in [0.717, 1.165) is 37.0 Å². The number of alkyl halides is 3. The second kappa shape index (κ2) is 7.49. The lowest BCUT2D eigenvalue weighted by atomic mass is 9.89. The van der Waals surface area contributed by atoms with Gasteiger partial charge in [0.2, 0.25) is 0 Å². The summed E-state index contributed by atoms with van der Waals surface area (Å²) in [4.78, 5) is 16.8. The lowest BCUT2D eigenvalue weighted by Crippen LogP contribution is -2.43. The minimum Gasteiger partial charge on any atom is -0.486 e. The maximum Gasteiger partial charge on any atom is 0.471 e. The fourth-order valence-corrected chi connectivity index (χ4v) is 3.35. The van der Waals surface area contributed by atoms with Crippen LogP contribution in [0.5, 0.6) is 11.5 Å². The van der Waals surface area contributed by atoms with Gasteiger partial charge in [-0.15, -0.1) is 0 Å². The Hall–Kier alpha value is -1.99. The van der Waals surface area contributed by atoms with Gasteiger partial charge in [0.15, 0.2) is 11.5 Å². The number of rotatable bonds is 4. The van der Waals surface area contributed by atoms with Crippen molar-refractivity contribution in [2.75, 3.05) is 19.8 Å².